The van der Waals surface area contributed by atoms with Gasteiger partial charge in [0.05, 0.1) is 50.8 Å². The van der Waals surface area contributed by atoms with Crippen LogP contribution in [0.25, 0.3) is 45.0 Å². The highest BCUT2D eigenvalue weighted by Gasteiger charge is 2.35. The van der Waals surface area contributed by atoms with Gasteiger partial charge in [-0.05, 0) is 48.5 Å². The van der Waals surface area contributed by atoms with Crippen molar-refractivity contribution in [2.24, 2.45) is 0 Å². The van der Waals surface area contributed by atoms with Crippen molar-refractivity contribution in [1.82, 2.24) is 29.9 Å². The van der Waals surface area contributed by atoms with Crippen LogP contribution in [0.4, 0.5) is 0 Å². The van der Waals surface area contributed by atoms with Gasteiger partial charge in [0.15, 0.2) is 0 Å². The van der Waals surface area contributed by atoms with Crippen molar-refractivity contribution in [2.45, 2.75) is 19.6 Å². The van der Waals surface area contributed by atoms with Crippen LogP contribution in [0.3, 0.4) is 0 Å². The summed E-state index contributed by atoms with van der Waals surface area (Å²) in [5.74, 6) is 0. The van der Waals surface area contributed by atoms with Crippen LogP contribution in [0.2, 0.25) is 0 Å². The Morgan fingerprint density at radius 3 is 0.800 bits per heavy atom. The van der Waals surface area contributed by atoms with E-state index in [4.69, 9.17) is 0 Å². The fourth-order valence-electron chi connectivity index (χ4n) is 4.79. The van der Waals surface area contributed by atoms with Gasteiger partial charge in [-0.2, -0.15) is 0 Å². The smallest absolute Gasteiger partial charge is 0.0708 e. The minimum absolute atomic E-state index is 1.13. The third-order valence-corrected chi connectivity index (χ3v) is 12.4. The largest absolute Gasteiger partial charge is 0.353 e. The molecule has 2 N–H and O–H groups in total. The summed E-state index contributed by atoms with van der Waals surface area (Å²) in [7, 11) is 0. The summed E-state index contributed by atoms with van der Waals surface area (Å²) in [6.07, 6.45) is 14.8. The quantitative estimate of drug-likeness (QED) is 0.211. The molecular weight excluding hydrogens is 573 g/mol. The van der Waals surface area contributed by atoms with Crippen molar-refractivity contribution >= 4 is 47.0 Å². The number of fused-ring (bicyclic) bond motifs is 2. The van der Waals surface area contributed by atoms with Crippen LogP contribution < -0.4 is 0 Å². The lowest BCUT2D eigenvalue weighted by Crippen LogP contribution is -1.84. The number of pyridine rings is 4. The number of thioether (sulfide) groups is 4. The normalized spacial score (nSPS) is 14.0. The van der Waals surface area contributed by atoms with Gasteiger partial charge in [-0.1, -0.05) is 47.0 Å². The molecule has 6 nitrogen and oxygen atoms in total. The van der Waals surface area contributed by atoms with Crippen LogP contribution in [-0.4, -0.2) is 29.9 Å². The van der Waals surface area contributed by atoms with Gasteiger partial charge in [0.25, 0.3) is 0 Å². The summed E-state index contributed by atoms with van der Waals surface area (Å²) in [5.41, 5.74) is 9.02. The van der Waals surface area contributed by atoms with E-state index in [0.717, 1.165) is 45.0 Å². The lowest BCUT2D eigenvalue weighted by Gasteiger charge is -2.07. The van der Waals surface area contributed by atoms with Gasteiger partial charge in [-0.3, -0.25) is 19.9 Å². The fourth-order valence-corrected chi connectivity index (χ4v) is 10.6. The first kappa shape index (κ1) is 24.1. The molecule has 6 aromatic heterocycles. The van der Waals surface area contributed by atoms with E-state index in [1.807, 2.05) is 96.6 Å². The van der Waals surface area contributed by atoms with E-state index in [1.54, 1.807) is 0 Å². The number of nitrogens with zero attached hydrogens (tertiary/aromatic N) is 4. The zero-order valence-electron chi connectivity index (χ0n) is 20.7. The molecule has 40 heavy (non-hydrogen) atoms. The maximum absolute atomic E-state index is 4.23. The number of aromatic nitrogens is 6. The van der Waals surface area contributed by atoms with E-state index < -0.39 is 0 Å². The summed E-state index contributed by atoms with van der Waals surface area (Å²) in [6, 6.07) is 16.5. The second-order valence-electron chi connectivity index (χ2n) is 8.99. The standard InChI is InChI=1S/C30H18N6S4/c1-9-31-10-2-17(1)21-25-26(22(35-21)18-3-11-32-12-4-18)38-29(37-25)30-39-27-23(19-5-13-33-14-6-19)36-24(28(27)40-30)20-7-15-34-16-8-20/h1-16,35-36H. The number of aromatic amines is 2. The van der Waals surface area contributed by atoms with Gasteiger partial charge in [0.1, 0.15) is 0 Å². The molecule has 0 fully saturated rings. The Morgan fingerprint density at radius 1 is 0.350 bits per heavy atom. The zero-order chi connectivity index (χ0) is 26.5. The van der Waals surface area contributed by atoms with E-state index in [9.17, 15) is 0 Å². The molecule has 0 radical (unpaired) electrons. The molecule has 0 saturated carbocycles. The summed E-state index contributed by atoms with van der Waals surface area (Å²) in [4.78, 5) is 29.4. The molecule has 0 amide bonds. The Hall–Kier alpha value is -3.70. The molecule has 10 heteroatoms. The van der Waals surface area contributed by atoms with Gasteiger partial charge < -0.3 is 9.97 Å². The molecular formula is C30H18N6S4. The highest BCUT2D eigenvalue weighted by atomic mass is 32.2. The maximum Gasteiger partial charge on any atom is 0.0708 e. The molecule has 8 rings (SSSR count). The molecule has 2 aliphatic heterocycles. The van der Waals surface area contributed by atoms with Crippen LogP contribution >= 0.6 is 47.0 Å². The predicted molar refractivity (Wildman–Crippen MR) is 165 cm³/mol. The molecule has 0 saturated heterocycles. The van der Waals surface area contributed by atoms with Crippen molar-refractivity contribution in [3.05, 3.63) is 107 Å². The first-order valence-corrected chi connectivity index (χ1v) is 15.7. The maximum atomic E-state index is 4.23. The highest BCUT2D eigenvalue weighted by molar-refractivity contribution is 8.30. The summed E-state index contributed by atoms with van der Waals surface area (Å²) >= 11 is 7.40. The summed E-state index contributed by atoms with van der Waals surface area (Å²) < 4.78 is 2.61. The first-order chi connectivity index (χ1) is 19.8. The average Bonchev–Trinajstić information content (AvgIpc) is 3.79. The van der Waals surface area contributed by atoms with Gasteiger partial charge in [-0.25, -0.2) is 0 Å². The van der Waals surface area contributed by atoms with E-state index >= 15 is 0 Å². The molecule has 8 heterocycles. The molecule has 2 aliphatic rings. The third kappa shape index (κ3) is 4.10. The van der Waals surface area contributed by atoms with Gasteiger partial charge in [0, 0.05) is 71.8 Å². The summed E-state index contributed by atoms with van der Waals surface area (Å²) in [6.45, 7) is 0. The minimum atomic E-state index is 1.13. The molecule has 0 aromatic carbocycles. The molecule has 0 bridgehead atoms. The van der Waals surface area contributed by atoms with E-state index in [2.05, 4.69) is 78.4 Å². The van der Waals surface area contributed by atoms with Crippen molar-refractivity contribution in [2.75, 3.05) is 0 Å². The Kier molecular flexibility index (Phi) is 6.06. The number of hydrogen-bond donors (Lipinski definition) is 2. The molecule has 0 atom stereocenters. The van der Waals surface area contributed by atoms with E-state index in [1.165, 1.54) is 28.1 Å². The van der Waals surface area contributed by atoms with Gasteiger partial charge in [0.2, 0.25) is 0 Å². The predicted octanol–water partition coefficient (Wildman–Crippen LogP) is 8.81. The number of hydrogen-bond acceptors (Lipinski definition) is 8. The lowest BCUT2D eigenvalue weighted by molar-refractivity contribution is 1.29. The van der Waals surface area contributed by atoms with Crippen molar-refractivity contribution in [3.63, 3.8) is 0 Å². The first-order valence-electron chi connectivity index (χ1n) is 12.4. The number of rotatable bonds is 4. The van der Waals surface area contributed by atoms with Crippen molar-refractivity contribution in [3.8, 4) is 45.0 Å². The Labute approximate surface area is 247 Å². The number of nitrogens with one attached hydrogen (secondary N) is 2. The van der Waals surface area contributed by atoms with Crippen molar-refractivity contribution < 1.29 is 0 Å². The molecule has 6 aromatic rings. The molecule has 0 unspecified atom stereocenters. The van der Waals surface area contributed by atoms with E-state index in [-0.39, 0.29) is 0 Å². The Morgan fingerprint density at radius 2 is 0.575 bits per heavy atom. The lowest BCUT2D eigenvalue weighted by atomic mass is 10.2. The SMILES string of the molecule is c1cc(-c2[nH]c(-c3ccncc3)c3c2SC(=C2Sc4c(-c5ccncc5)[nH]c(-c5ccncc5)c4S2)S3)ccn1. The van der Waals surface area contributed by atoms with Crippen LogP contribution in [0.5, 0.6) is 0 Å². The molecule has 0 spiro atoms. The summed E-state index contributed by atoms with van der Waals surface area (Å²) in [5, 5.41) is 0. The Balaban J connectivity index is 1.23. The molecule has 192 valence electrons. The molecule has 0 aliphatic carbocycles. The minimum Gasteiger partial charge on any atom is -0.353 e. The third-order valence-electron chi connectivity index (χ3n) is 6.64. The second-order valence-corrected chi connectivity index (χ2v) is 13.6. The van der Waals surface area contributed by atoms with Crippen LogP contribution in [-0.2, 0) is 0 Å². The van der Waals surface area contributed by atoms with Gasteiger partial charge >= 0.3 is 0 Å². The highest BCUT2D eigenvalue weighted by Crippen LogP contribution is 2.66. The van der Waals surface area contributed by atoms with Crippen LogP contribution in [0, 0.1) is 0 Å². The van der Waals surface area contributed by atoms with Crippen LogP contribution in [0.1, 0.15) is 0 Å². The topological polar surface area (TPSA) is 83.1 Å². The van der Waals surface area contributed by atoms with Crippen molar-refractivity contribution in [1.29, 1.82) is 0 Å². The Bertz CT molecular complexity index is 1610. The average molecular weight is 591 g/mol. The fraction of sp³-hybridized carbons (Fsp3) is 0. The monoisotopic (exact) mass is 590 g/mol. The van der Waals surface area contributed by atoms with E-state index in [0.29, 0.717) is 0 Å². The second kappa shape index (κ2) is 10.0. The number of H-pyrrole nitrogens is 2. The van der Waals surface area contributed by atoms with Gasteiger partial charge in [-0.15, -0.1) is 0 Å². The van der Waals surface area contributed by atoms with Crippen LogP contribution in [0.15, 0.2) is 126 Å². The zero-order valence-corrected chi connectivity index (χ0v) is 23.9.